The van der Waals surface area contributed by atoms with Gasteiger partial charge in [0.1, 0.15) is 0 Å². The summed E-state index contributed by atoms with van der Waals surface area (Å²) in [6.07, 6.45) is 0.906. The fourth-order valence-electron chi connectivity index (χ4n) is 1.94. The third kappa shape index (κ3) is 7.42. The minimum absolute atomic E-state index is 0.138. The van der Waals surface area contributed by atoms with Crippen molar-refractivity contribution in [3.63, 3.8) is 0 Å². The molecule has 1 amide bonds. The van der Waals surface area contributed by atoms with Crippen molar-refractivity contribution < 1.29 is 17.9 Å². The van der Waals surface area contributed by atoms with Gasteiger partial charge in [0.15, 0.2) is 0 Å². The van der Waals surface area contributed by atoms with Crippen molar-refractivity contribution in [1.29, 1.82) is 0 Å². The second-order valence-corrected chi connectivity index (χ2v) is 8.59. The van der Waals surface area contributed by atoms with Crippen LogP contribution in [0.4, 0.5) is 0 Å². The van der Waals surface area contributed by atoms with E-state index in [0.29, 0.717) is 18.7 Å². The Labute approximate surface area is 145 Å². The summed E-state index contributed by atoms with van der Waals surface area (Å²) in [5.74, 6) is -0.229. The number of amides is 1. The number of ether oxygens (including phenoxy) is 1. The molecule has 24 heavy (non-hydrogen) atoms. The van der Waals surface area contributed by atoms with Gasteiger partial charge in [-0.3, -0.25) is 4.79 Å². The van der Waals surface area contributed by atoms with E-state index in [-0.39, 0.29) is 16.9 Å². The van der Waals surface area contributed by atoms with Gasteiger partial charge in [-0.15, -0.1) is 0 Å². The Balaban J connectivity index is 2.59. The Hall–Kier alpha value is -1.44. The van der Waals surface area contributed by atoms with Crippen molar-refractivity contribution in [2.24, 2.45) is 0 Å². The molecule has 0 heterocycles. The second-order valence-electron chi connectivity index (χ2n) is 6.91. The van der Waals surface area contributed by atoms with Crippen LogP contribution in [-0.2, 0) is 14.8 Å². The van der Waals surface area contributed by atoms with Crippen LogP contribution in [0.1, 0.15) is 51.4 Å². The lowest BCUT2D eigenvalue weighted by molar-refractivity contribution is 0.0757. The Kier molecular flexibility index (Phi) is 7.38. The summed E-state index contributed by atoms with van der Waals surface area (Å²) in [4.78, 5) is 12.2. The van der Waals surface area contributed by atoms with Gasteiger partial charge in [-0.25, -0.2) is 13.1 Å². The van der Waals surface area contributed by atoms with E-state index in [9.17, 15) is 13.2 Å². The lowest BCUT2D eigenvalue weighted by Crippen LogP contribution is -2.40. The average molecular weight is 356 g/mol. The van der Waals surface area contributed by atoms with Crippen LogP contribution in [0.2, 0.25) is 0 Å². The largest absolute Gasteiger partial charge is 0.379 e. The van der Waals surface area contributed by atoms with Gasteiger partial charge < -0.3 is 10.1 Å². The number of sulfonamides is 1. The molecule has 1 aromatic carbocycles. The third-order valence-corrected chi connectivity index (χ3v) is 4.70. The van der Waals surface area contributed by atoms with E-state index in [1.165, 1.54) is 24.3 Å². The van der Waals surface area contributed by atoms with Crippen LogP contribution in [0.15, 0.2) is 29.2 Å². The highest BCUT2D eigenvalue weighted by Gasteiger charge is 2.22. The topological polar surface area (TPSA) is 84.5 Å². The molecule has 7 heteroatoms. The van der Waals surface area contributed by atoms with Crippen molar-refractivity contribution in [3.8, 4) is 0 Å². The minimum atomic E-state index is -3.59. The summed E-state index contributed by atoms with van der Waals surface area (Å²) in [6.45, 7) is 10.3. The standard InChI is InChI=1S/C17H28N2O4S/c1-13(2)23-12-6-11-18-16(20)14-7-9-15(10-8-14)24(21,22)19-17(3,4)5/h7-10,13,19H,6,11-12H2,1-5H3,(H,18,20). The van der Waals surface area contributed by atoms with Gasteiger partial charge in [-0.05, 0) is 65.3 Å². The van der Waals surface area contributed by atoms with Crippen molar-refractivity contribution >= 4 is 15.9 Å². The van der Waals surface area contributed by atoms with Crippen LogP contribution >= 0.6 is 0 Å². The van der Waals surface area contributed by atoms with Crippen molar-refractivity contribution in [2.45, 2.75) is 57.6 Å². The number of carbonyl (C=O) groups excluding carboxylic acids is 1. The number of carbonyl (C=O) groups is 1. The Morgan fingerprint density at radius 1 is 1.17 bits per heavy atom. The maximum Gasteiger partial charge on any atom is 0.251 e. The molecule has 1 rings (SSSR count). The summed E-state index contributed by atoms with van der Waals surface area (Å²) in [5.41, 5.74) is -0.137. The lowest BCUT2D eigenvalue weighted by atomic mass is 10.1. The summed E-state index contributed by atoms with van der Waals surface area (Å²) in [7, 11) is -3.59. The molecule has 0 radical (unpaired) electrons. The fourth-order valence-corrected chi connectivity index (χ4v) is 3.36. The predicted octanol–water partition coefficient (Wildman–Crippen LogP) is 2.31. The molecule has 0 aliphatic carbocycles. The molecule has 0 saturated heterocycles. The highest BCUT2D eigenvalue weighted by Crippen LogP contribution is 2.14. The Morgan fingerprint density at radius 3 is 2.25 bits per heavy atom. The summed E-state index contributed by atoms with van der Waals surface area (Å²) >= 11 is 0. The number of hydrogen-bond donors (Lipinski definition) is 2. The molecule has 0 saturated carbocycles. The van der Waals surface area contributed by atoms with Gasteiger partial charge in [0.25, 0.3) is 5.91 Å². The molecule has 0 aromatic heterocycles. The smallest absolute Gasteiger partial charge is 0.251 e. The number of hydrogen-bond acceptors (Lipinski definition) is 4. The molecule has 136 valence electrons. The van der Waals surface area contributed by atoms with Crippen LogP contribution in [-0.4, -0.2) is 39.1 Å². The van der Waals surface area contributed by atoms with Crippen LogP contribution in [0, 0.1) is 0 Å². The van der Waals surface area contributed by atoms with Crippen molar-refractivity contribution in [3.05, 3.63) is 29.8 Å². The zero-order valence-corrected chi connectivity index (χ0v) is 15.9. The summed E-state index contributed by atoms with van der Waals surface area (Å²) in [6, 6.07) is 5.89. The third-order valence-electron chi connectivity index (χ3n) is 2.93. The normalized spacial score (nSPS) is 12.4. The average Bonchev–Trinajstić information content (AvgIpc) is 2.44. The first-order valence-corrected chi connectivity index (χ1v) is 9.53. The maximum atomic E-state index is 12.2. The van der Waals surface area contributed by atoms with E-state index in [1.807, 2.05) is 13.8 Å². The molecule has 0 bridgehead atoms. The molecule has 1 aromatic rings. The highest BCUT2D eigenvalue weighted by atomic mass is 32.2. The van der Waals surface area contributed by atoms with Crippen LogP contribution in [0.5, 0.6) is 0 Å². The molecule has 0 unspecified atom stereocenters. The monoisotopic (exact) mass is 356 g/mol. The van der Waals surface area contributed by atoms with E-state index in [0.717, 1.165) is 6.42 Å². The van der Waals surface area contributed by atoms with E-state index < -0.39 is 15.6 Å². The molecule has 0 aliphatic heterocycles. The summed E-state index contributed by atoms with van der Waals surface area (Å²) in [5, 5.41) is 2.79. The van der Waals surface area contributed by atoms with E-state index >= 15 is 0 Å². The van der Waals surface area contributed by atoms with E-state index in [4.69, 9.17) is 4.74 Å². The van der Waals surface area contributed by atoms with E-state index in [2.05, 4.69) is 10.0 Å². The van der Waals surface area contributed by atoms with Gasteiger partial charge in [-0.1, -0.05) is 0 Å². The first-order chi connectivity index (χ1) is 11.0. The maximum absolute atomic E-state index is 12.2. The van der Waals surface area contributed by atoms with Gasteiger partial charge in [-0.2, -0.15) is 0 Å². The van der Waals surface area contributed by atoms with Gasteiger partial charge >= 0.3 is 0 Å². The minimum Gasteiger partial charge on any atom is -0.379 e. The molecule has 6 nitrogen and oxygen atoms in total. The molecule has 0 aliphatic rings. The zero-order chi connectivity index (χ0) is 18.4. The SMILES string of the molecule is CC(C)OCCCNC(=O)c1ccc(S(=O)(=O)NC(C)(C)C)cc1. The molecule has 2 N–H and O–H groups in total. The van der Waals surface area contributed by atoms with Crippen molar-refractivity contribution in [1.82, 2.24) is 10.0 Å². The fraction of sp³-hybridized carbons (Fsp3) is 0.588. The summed E-state index contributed by atoms with van der Waals surface area (Å²) < 4.78 is 32.4. The van der Waals surface area contributed by atoms with Crippen LogP contribution in [0.3, 0.4) is 0 Å². The molecular formula is C17H28N2O4S. The lowest BCUT2D eigenvalue weighted by Gasteiger charge is -2.20. The number of benzene rings is 1. The molecular weight excluding hydrogens is 328 g/mol. The second kappa shape index (κ2) is 8.60. The Bertz CT molecular complexity index is 632. The number of nitrogens with one attached hydrogen (secondary N) is 2. The highest BCUT2D eigenvalue weighted by molar-refractivity contribution is 7.89. The van der Waals surface area contributed by atoms with Gasteiger partial charge in [0.05, 0.1) is 11.0 Å². The Morgan fingerprint density at radius 2 is 1.75 bits per heavy atom. The first-order valence-electron chi connectivity index (χ1n) is 8.05. The van der Waals surface area contributed by atoms with Crippen LogP contribution < -0.4 is 10.0 Å². The van der Waals surface area contributed by atoms with Gasteiger partial charge in [0.2, 0.25) is 10.0 Å². The molecule has 0 atom stereocenters. The van der Waals surface area contributed by atoms with Crippen LogP contribution in [0.25, 0.3) is 0 Å². The first kappa shape index (κ1) is 20.6. The van der Waals surface area contributed by atoms with Gasteiger partial charge in [0, 0.05) is 24.3 Å². The number of rotatable bonds is 8. The molecule has 0 spiro atoms. The van der Waals surface area contributed by atoms with E-state index in [1.54, 1.807) is 20.8 Å². The quantitative estimate of drug-likeness (QED) is 0.700. The zero-order valence-electron chi connectivity index (χ0n) is 15.0. The van der Waals surface area contributed by atoms with Crippen molar-refractivity contribution in [2.75, 3.05) is 13.2 Å². The molecule has 0 fully saturated rings. The predicted molar refractivity (Wildman–Crippen MR) is 94.6 cm³/mol.